The molecular weight excluding hydrogens is 421 g/mol. The van der Waals surface area contributed by atoms with Crippen LogP contribution in [-0.2, 0) is 14.3 Å². The number of ether oxygens (including phenoxy) is 1. The van der Waals surface area contributed by atoms with E-state index in [0.717, 1.165) is 0 Å². The first kappa shape index (κ1) is 22.5. The standard InChI is InChI=1S/C22H22FN3O4S/c1-3-26-20(28)18(31-22(26)25-17-7-5-6-15(23)12-17)13-19(27)24-16-10-8-14(9-11-16)21(29)30-4-2/h5-12,18H,3-4,13H2,1-2H3,(H,24,27)/t18-/m1/s1. The molecule has 0 saturated carbocycles. The van der Waals surface area contributed by atoms with Crippen molar-refractivity contribution in [3.05, 3.63) is 59.9 Å². The zero-order valence-corrected chi connectivity index (χ0v) is 17.9. The molecule has 0 aliphatic carbocycles. The average Bonchev–Trinajstić information content (AvgIpc) is 3.02. The maximum absolute atomic E-state index is 13.4. The Bertz CT molecular complexity index is 1010. The van der Waals surface area contributed by atoms with Gasteiger partial charge in [0.2, 0.25) is 11.8 Å². The van der Waals surface area contributed by atoms with Crippen LogP contribution in [0.25, 0.3) is 0 Å². The molecule has 1 saturated heterocycles. The van der Waals surface area contributed by atoms with E-state index in [1.54, 1.807) is 43.3 Å². The Balaban J connectivity index is 1.64. The van der Waals surface area contributed by atoms with E-state index >= 15 is 0 Å². The molecule has 0 spiro atoms. The third-order valence-electron chi connectivity index (χ3n) is 4.42. The van der Waals surface area contributed by atoms with Crippen LogP contribution in [0.5, 0.6) is 0 Å². The van der Waals surface area contributed by atoms with Gasteiger partial charge in [-0.1, -0.05) is 17.8 Å². The van der Waals surface area contributed by atoms with E-state index in [1.807, 2.05) is 6.92 Å². The summed E-state index contributed by atoms with van der Waals surface area (Å²) in [6, 6.07) is 12.1. The molecule has 0 radical (unpaired) electrons. The SMILES string of the molecule is CCOC(=O)c1ccc(NC(=O)C[C@H]2SC(=Nc3cccc(F)c3)N(CC)C2=O)cc1. The Morgan fingerprint density at radius 2 is 1.94 bits per heavy atom. The van der Waals surface area contributed by atoms with Crippen LogP contribution in [0.4, 0.5) is 15.8 Å². The van der Waals surface area contributed by atoms with E-state index in [9.17, 15) is 18.8 Å². The number of thioether (sulfide) groups is 1. The maximum atomic E-state index is 13.4. The van der Waals surface area contributed by atoms with Crippen LogP contribution >= 0.6 is 11.8 Å². The first-order valence-electron chi connectivity index (χ1n) is 9.80. The van der Waals surface area contributed by atoms with Crippen LogP contribution in [0.1, 0.15) is 30.6 Å². The second kappa shape index (κ2) is 10.2. The summed E-state index contributed by atoms with van der Waals surface area (Å²) in [6.45, 7) is 4.22. The summed E-state index contributed by atoms with van der Waals surface area (Å²) in [5.74, 6) is -1.39. The van der Waals surface area contributed by atoms with Crippen LogP contribution in [-0.4, -0.2) is 46.3 Å². The molecule has 3 rings (SSSR count). The Hall–Kier alpha value is -3.20. The van der Waals surface area contributed by atoms with Gasteiger partial charge in [-0.15, -0.1) is 0 Å². The molecule has 0 aromatic heterocycles. The number of halogens is 1. The number of carbonyl (C=O) groups excluding carboxylic acids is 3. The number of anilines is 1. The number of benzene rings is 2. The lowest BCUT2D eigenvalue weighted by Crippen LogP contribution is -2.33. The van der Waals surface area contributed by atoms with Crippen LogP contribution < -0.4 is 5.32 Å². The summed E-state index contributed by atoms with van der Waals surface area (Å²) < 4.78 is 18.4. The number of rotatable bonds is 7. The maximum Gasteiger partial charge on any atom is 0.338 e. The van der Waals surface area contributed by atoms with Crippen LogP contribution in [0.2, 0.25) is 0 Å². The number of carbonyl (C=O) groups is 3. The monoisotopic (exact) mass is 443 g/mol. The van der Waals surface area contributed by atoms with Crippen molar-refractivity contribution in [2.45, 2.75) is 25.5 Å². The Morgan fingerprint density at radius 3 is 2.58 bits per heavy atom. The zero-order chi connectivity index (χ0) is 22.4. The molecule has 1 aliphatic rings. The van der Waals surface area contributed by atoms with Crippen molar-refractivity contribution in [1.29, 1.82) is 0 Å². The van der Waals surface area contributed by atoms with Gasteiger partial charge in [0.1, 0.15) is 11.1 Å². The van der Waals surface area contributed by atoms with Gasteiger partial charge in [0, 0.05) is 18.7 Å². The van der Waals surface area contributed by atoms with Crippen LogP contribution in [0, 0.1) is 5.82 Å². The van der Waals surface area contributed by atoms with Gasteiger partial charge in [0.15, 0.2) is 5.17 Å². The lowest BCUT2D eigenvalue weighted by Gasteiger charge is -2.13. The number of esters is 1. The summed E-state index contributed by atoms with van der Waals surface area (Å²) >= 11 is 1.18. The van der Waals surface area contributed by atoms with Gasteiger partial charge in [-0.2, -0.15) is 0 Å². The van der Waals surface area contributed by atoms with Crippen molar-refractivity contribution in [2.24, 2.45) is 4.99 Å². The van der Waals surface area contributed by atoms with Gasteiger partial charge >= 0.3 is 5.97 Å². The Morgan fingerprint density at radius 1 is 1.19 bits per heavy atom. The smallest absolute Gasteiger partial charge is 0.338 e. The number of amidine groups is 1. The summed E-state index contributed by atoms with van der Waals surface area (Å²) in [5, 5.41) is 2.55. The highest BCUT2D eigenvalue weighted by molar-refractivity contribution is 8.15. The second-order valence-corrected chi connectivity index (χ2v) is 7.78. The van der Waals surface area contributed by atoms with E-state index in [2.05, 4.69) is 10.3 Å². The van der Waals surface area contributed by atoms with Crippen molar-refractivity contribution < 1.29 is 23.5 Å². The van der Waals surface area contributed by atoms with Crippen molar-refractivity contribution in [3.63, 3.8) is 0 Å². The summed E-state index contributed by atoms with van der Waals surface area (Å²) in [6.07, 6.45) is -0.0399. The minimum absolute atomic E-state index is 0.0399. The molecule has 1 aliphatic heterocycles. The molecule has 2 amide bonds. The third-order valence-corrected chi connectivity index (χ3v) is 5.60. The molecule has 0 bridgehead atoms. The fourth-order valence-electron chi connectivity index (χ4n) is 2.96. The fourth-order valence-corrected chi connectivity index (χ4v) is 4.18. The van der Waals surface area contributed by atoms with Gasteiger partial charge < -0.3 is 10.1 Å². The van der Waals surface area contributed by atoms with Gasteiger partial charge in [-0.05, 0) is 56.3 Å². The topological polar surface area (TPSA) is 88.1 Å². The first-order valence-corrected chi connectivity index (χ1v) is 10.7. The number of nitrogens with one attached hydrogen (secondary N) is 1. The van der Waals surface area contributed by atoms with Crippen LogP contribution in [0.15, 0.2) is 53.5 Å². The van der Waals surface area contributed by atoms with Crippen molar-refractivity contribution in [3.8, 4) is 0 Å². The molecule has 7 nitrogen and oxygen atoms in total. The first-order chi connectivity index (χ1) is 14.9. The number of aliphatic imine (C=N–C) groups is 1. The van der Waals surface area contributed by atoms with E-state index in [-0.39, 0.29) is 24.8 Å². The lowest BCUT2D eigenvalue weighted by molar-refractivity contribution is -0.128. The molecule has 31 heavy (non-hydrogen) atoms. The number of hydrogen-bond donors (Lipinski definition) is 1. The van der Waals surface area contributed by atoms with Crippen LogP contribution in [0.3, 0.4) is 0 Å². The molecule has 1 fully saturated rings. The highest BCUT2D eigenvalue weighted by Crippen LogP contribution is 2.31. The highest BCUT2D eigenvalue weighted by Gasteiger charge is 2.38. The van der Waals surface area contributed by atoms with Crippen molar-refractivity contribution >= 4 is 46.1 Å². The van der Waals surface area contributed by atoms with Gasteiger partial charge in [0.25, 0.3) is 0 Å². The average molecular weight is 444 g/mol. The quantitative estimate of drug-likeness (QED) is 0.654. The Kier molecular flexibility index (Phi) is 7.41. The fraction of sp³-hybridized carbons (Fsp3) is 0.273. The van der Waals surface area contributed by atoms with Crippen molar-refractivity contribution in [2.75, 3.05) is 18.5 Å². The third kappa shape index (κ3) is 5.69. The number of amides is 2. The highest BCUT2D eigenvalue weighted by atomic mass is 32.2. The normalized spacial score (nSPS) is 17.1. The predicted molar refractivity (Wildman–Crippen MR) is 118 cm³/mol. The summed E-state index contributed by atoms with van der Waals surface area (Å²) in [7, 11) is 0. The number of hydrogen-bond acceptors (Lipinski definition) is 6. The molecule has 1 atom stereocenters. The largest absolute Gasteiger partial charge is 0.462 e. The van der Waals surface area contributed by atoms with Gasteiger partial charge in [0.05, 0.1) is 17.9 Å². The van der Waals surface area contributed by atoms with E-state index < -0.39 is 17.0 Å². The van der Waals surface area contributed by atoms with E-state index in [4.69, 9.17) is 4.74 Å². The molecule has 2 aromatic rings. The predicted octanol–water partition coefficient (Wildman–Crippen LogP) is 3.98. The lowest BCUT2D eigenvalue weighted by atomic mass is 10.2. The molecule has 1 N–H and O–H groups in total. The Labute approximate surface area is 183 Å². The molecule has 2 aromatic carbocycles. The zero-order valence-electron chi connectivity index (χ0n) is 17.1. The molecule has 162 valence electrons. The molecule has 0 unspecified atom stereocenters. The molecular formula is C22H22FN3O4S. The second-order valence-electron chi connectivity index (χ2n) is 6.61. The molecule has 9 heteroatoms. The van der Waals surface area contributed by atoms with E-state index in [0.29, 0.717) is 28.7 Å². The van der Waals surface area contributed by atoms with Gasteiger partial charge in [-0.25, -0.2) is 14.2 Å². The minimum Gasteiger partial charge on any atom is -0.462 e. The number of nitrogens with zero attached hydrogens (tertiary/aromatic N) is 2. The van der Waals surface area contributed by atoms with Crippen molar-refractivity contribution in [1.82, 2.24) is 4.90 Å². The van der Waals surface area contributed by atoms with Gasteiger partial charge in [-0.3, -0.25) is 14.5 Å². The summed E-state index contributed by atoms with van der Waals surface area (Å²) in [4.78, 5) is 42.7. The van der Waals surface area contributed by atoms with E-state index in [1.165, 1.54) is 28.8 Å². The summed E-state index contributed by atoms with van der Waals surface area (Å²) in [5.41, 5.74) is 1.30. The minimum atomic E-state index is -0.619. The molecule has 1 heterocycles.